The predicted octanol–water partition coefficient (Wildman–Crippen LogP) is 3.77. The summed E-state index contributed by atoms with van der Waals surface area (Å²) in [5.74, 6) is 0.260. The van der Waals surface area contributed by atoms with Crippen LogP contribution in [0.2, 0.25) is 0 Å². The van der Waals surface area contributed by atoms with E-state index < -0.39 is 5.41 Å². The summed E-state index contributed by atoms with van der Waals surface area (Å²) in [7, 11) is 0. The van der Waals surface area contributed by atoms with Crippen LogP contribution in [0.25, 0.3) is 0 Å². The van der Waals surface area contributed by atoms with Crippen LogP contribution in [0.5, 0.6) is 0 Å². The number of cyclic esters (lactones) is 1. The number of rotatable bonds is 1. The molecule has 1 fully saturated rings. The SMILES string of the molecule is CC(C)(C)[C@@]1(C)C[C@H](c2ccccc2)COC1=O. The van der Waals surface area contributed by atoms with E-state index in [-0.39, 0.29) is 11.4 Å². The van der Waals surface area contributed by atoms with E-state index in [0.717, 1.165) is 6.42 Å². The summed E-state index contributed by atoms with van der Waals surface area (Å²) in [6.07, 6.45) is 0.860. The molecule has 0 saturated carbocycles. The second-order valence-electron chi connectivity index (χ2n) is 6.49. The van der Waals surface area contributed by atoms with Gasteiger partial charge in [0, 0.05) is 5.92 Å². The quantitative estimate of drug-likeness (QED) is 0.705. The van der Waals surface area contributed by atoms with Gasteiger partial charge in [0.05, 0.1) is 12.0 Å². The summed E-state index contributed by atoms with van der Waals surface area (Å²) < 4.78 is 5.45. The van der Waals surface area contributed by atoms with Gasteiger partial charge in [-0.3, -0.25) is 4.79 Å². The van der Waals surface area contributed by atoms with Gasteiger partial charge in [0.2, 0.25) is 0 Å². The molecule has 98 valence electrons. The molecule has 0 N–H and O–H groups in total. The third kappa shape index (κ3) is 2.16. The maximum absolute atomic E-state index is 12.1. The predicted molar refractivity (Wildman–Crippen MR) is 72.3 cm³/mol. The van der Waals surface area contributed by atoms with Gasteiger partial charge in [-0.2, -0.15) is 0 Å². The second-order valence-corrected chi connectivity index (χ2v) is 6.49. The Morgan fingerprint density at radius 2 is 1.83 bits per heavy atom. The Bertz CT molecular complexity index is 430. The van der Waals surface area contributed by atoms with Crippen molar-refractivity contribution in [3.8, 4) is 0 Å². The molecule has 1 heterocycles. The first kappa shape index (κ1) is 13.1. The van der Waals surface area contributed by atoms with E-state index in [1.807, 2.05) is 25.1 Å². The summed E-state index contributed by atoms with van der Waals surface area (Å²) in [5, 5.41) is 0. The summed E-state index contributed by atoms with van der Waals surface area (Å²) in [5.41, 5.74) is 0.768. The van der Waals surface area contributed by atoms with Gasteiger partial charge in [0.25, 0.3) is 0 Å². The molecule has 0 aliphatic carbocycles. The van der Waals surface area contributed by atoms with Crippen molar-refractivity contribution in [2.75, 3.05) is 6.61 Å². The Labute approximate surface area is 109 Å². The van der Waals surface area contributed by atoms with Gasteiger partial charge in [0.1, 0.15) is 0 Å². The van der Waals surface area contributed by atoms with Crippen LogP contribution < -0.4 is 0 Å². The van der Waals surface area contributed by atoms with E-state index in [1.165, 1.54) is 5.56 Å². The molecule has 0 unspecified atom stereocenters. The first-order chi connectivity index (χ1) is 8.34. The fourth-order valence-corrected chi connectivity index (χ4v) is 2.52. The number of carbonyl (C=O) groups is 1. The lowest BCUT2D eigenvalue weighted by Gasteiger charge is -2.45. The monoisotopic (exact) mass is 246 g/mol. The summed E-state index contributed by atoms with van der Waals surface area (Å²) in [6.45, 7) is 8.88. The normalized spacial score (nSPS) is 28.9. The van der Waals surface area contributed by atoms with E-state index >= 15 is 0 Å². The smallest absolute Gasteiger partial charge is 0.312 e. The van der Waals surface area contributed by atoms with Crippen LogP contribution in [0.3, 0.4) is 0 Å². The Balaban J connectivity index is 2.27. The molecule has 2 atom stereocenters. The molecule has 2 rings (SSSR count). The van der Waals surface area contributed by atoms with Crippen LogP contribution >= 0.6 is 0 Å². The molecule has 2 nitrogen and oxygen atoms in total. The third-order valence-corrected chi connectivity index (χ3v) is 4.45. The topological polar surface area (TPSA) is 26.3 Å². The van der Waals surface area contributed by atoms with Crippen molar-refractivity contribution in [1.29, 1.82) is 0 Å². The second kappa shape index (κ2) is 4.42. The van der Waals surface area contributed by atoms with Crippen molar-refractivity contribution in [2.45, 2.75) is 40.0 Å². The number of benzene rings is 1. The highest BCUT2D eigenvalue weighted by atomic mass is 16.5. The average molecular weight is 246 g/mol. The molecule has 0 amide bonds. The lowest BCUT2D eigenvalue weighted by atomic mass is 9.62. The van der Waals surface area contributed by atoms with E-state index in [1.54, 1.807) is 0 Å². The van der Waals surface area contributed by atoms with Gasteiger partial charge in [-0.1, -0.05) is 51.1 Å². The largest absolute Gasteiger partial charge is 0.465 e. The van der Waals surface area contributed by atoms with E-state index in [2.05, 4.69) is 32.9 Å². The van der Waals surface area contributed by atoms with Gasteiger partial charge in [0.15, 0.2) is 0 Å². The van der Waals surface area contributed by atoms with Crippen molar-refractivity contribution < 1.29 is 9.53 Å². The fraction of sp³-hybridized carbons (Fsp3) is 0.562. The molecule has 0 radical (unpaired) electrons. The van der Waals surface area contributed by atoms with Crippen molar-refractivity contribution in [2.24, 2.45) is 10.8 Å². The molecule has 1 aromatic carbocycles. The molecule has 2 heteroatoms. The maximum atomic E-state index is 12.1. The molecule has 0 aromatic heterocycles. The minimum Gasteiger partial charge on any atom is -0.465 e. The maximum Gasteiger partial charge on any atom is 0.312 e. The highest BCUT2D eigenvalue weighted by Crippen LogP contribution is 2.48. The lowest BCUT2D eigenvalue weighted by Crippen LogP contribution is -2.46. The van der Waals surface area contributed by atoms with Crippen LogP contribution in [0.1, 0.15) is 45.6 Å². The Hall–Kier alpha value is -1.31. The van der Waals surface area contributed by atoms with Crippen molar-refractivity contribution in [3.05, 3.63) is 35.9 Å². The molecule has 0 spiro atoms. The molecule has 1 saturated heterocycles. The van der Waals surface area contributed by atoms with E-state index in [0.29, 0.717) is 12.5 Å². The van der Waals surface area contributed by atoms with Crippen molar-refractivity contribution in [1.82, 2.24) is 0 Å². The zero-order chi connectivity index (χ0) is 13.4. The number of ether oxygens (including phenoxy) is 1. The highest BCUT2D eigenvalue weighted by Gasteiger charge is 2.49. The Morgan fingerprint density at radius 3 is 2.39 bits per heavy atom. The first-order valence-electron chi connectivity index (χ1n) is 6.57. The molecule has 18 heavy (non-hydrogen) atoms. The number of carbonyl (C=O) groups excluding carboxylic acids is 1. The van der Waals surface area contributed by atoms with Crippen molar-refractivity contribution in [3.63, 3.8) is 0 Å². The third-order valence-electron chi connectivity index (χ3n) is 4.45. The molecule has 1 aliphatic rings. The zero-order valence-corrected chi connectivity index (χ0v) is 11.7. The summed E-state index contributed by atoms with van der Waals surface area (Å²) in [6, 6.07) is 10.3. The summed E-state index contributed by atoms with van der Waals surface area (Å²) in [4.78, 5) is 12.1. The Morgan fingerprint density at radius 1 is 1.22 bits per heavy atom. The van der Waals surface area contributed by atoms with Crippen molar-refractivity contribution >= 4 is 5.97 Å². The standard InChI is InChI=1S/C16H22O2/c1-15(2,3)16(4)10-13(11-18-14(16)17)12-8-6-5-7-9-12/h5-9,13H,10-11H2,1-4H3/t13-,16-/m0/s1. The zero-order valence-electron chi connectivity index (χ0n) is 11.7. The molecular weight excluding hydrogens is 224 g/mol. The van der Waals surface area contributed by atoms with Gasteiger partial charge in [-0.05, 0) is 24.3 Å². The highest BCUT2D eigenvalue weighted by molar-refractivity contribution is 5.78. The van der Waals surface area contributed by atoms with Gasteiger partial charge in [-0.15, -0.1) is 0 Å². The van der Waals surface area contributed by atoms with Crippen LogP contribution in [0.4, 0.5) is 0 Å². The Kier molecular flexibility index (Phi) is 3.22. The first-order valence-corrected chi connectivity index (χ1v) is 6.57. The molecular formula is C16H22O2. The number of hydrogen-bond donors (Lipinski definition) is 0. The van der Waals surface area contributed by atoms with Crippen LogP contribution in [0.15, 0.2) is 30.3 Å². The minimum absolute atomic E-state index is 0.0535. The summed E-state index contributed by atoms with van der Waals surface area (Å²) >= 11 is 0. The molecule has 0 bridgehead atoms. The van der Waals surface area contributed by atoms with Crippen LogP contribution in [-0.4, -0.2) is 12.6 Å². The minimum atomic E-state index is -0.411. The lowest BCUT2D eigenvalue weighted by molar-refractivity contribution is -0.171. The average Bonchev–Trinajstić information content (AvgIpc) is 2.32. The van der Waals surface area contributed by atoms with E-state index in [4.69, 9.17) is 4.74 Å². The van der Waals surface area contributed by atoms with Crippen LogP contribution in [-0.2, 0) is 9.53 Å². The van der Waals surface area contributed by atoms with Gasteiger partial charge < -0.3 is 4.74 Å². The molecule has 1 aromatic rings. The number of esters is 1. The van der Waals surface area contributed by atoms with Gasteiger partial charge in [-0.25, -0.2) is 0 Å². The molecule has 1 aliphatic heterocycles. The van der Waals surface area contributed by atoms with E-state index in [9.17, 15) is 4.79 Å². The fourth-order valence-electron chi connectivity index (χ4n) is 2.52. The number of hydrogen-bond acceptors (Lipinski definition) is 2. The van der Waals surface area contributed by atoms with Crippen LogP contribution in [0, 0.1) is 10.8 Å². The van der Waals surface area contributed by atoms with Gasteiger partial charge >= 0.3 is 5.97 Å².